The third-order valence-electron chi connectivity index (χ3n) is 10.3. The number of nitrogens with two attached hydrogens (primary N) is 1. The summed E-state index contributed by atoms with van der Waals surface area (Å²) in [6.07, 6.45) is -2.06. The number of fused-ring (bicyclic) bond motifs is 3. The number of nitrogens with zero attached hydrogens (tertiary/aromatic N) is 4. The summed E-state index contributed by atoms with van der Waals surface area (Å²) in [6, 6.07) is 1.44. The van der Waals surface area contributed by atoms with Crippen LogP contribution in [0.15, 0.2) is 33.9 Å². The summed E-state index contributed by atoms with van der Waals surface area (Å²) in [4.78, 5) is 97.6. The van der Waals surface area contributed by atoms with Gasteiger partial charge in [-0.25, -0.2) is 19.0 Å². The minimum absolute atomic E-state index is 0.0399. The molecule has 6 rings (SSSR count). The molecule has 2 amide bonds. The maximum Gasteiger partial charge on any atom is 0.352 e. The number of thioether (sulfide) groups is 1. The molecule has 0 saturated carbocycles. The van der Waals surface area contributed by atoms with Gasteiger partial charge in [0.2, 0.25) is 17.8 Å². The Hall–Kier alpha value is -5.61. The van der Waals surface area contributed by atoms with Gasteiger partial charge in [-0.1, -0.05) is 5.16 Å². The number of aromatic hydroxyl groups is 2. The average Bonchev–Trinajstić information content (AvgIpc) is 3.83. The standard InChI is InChI=1S/C33H33FN6O13S2/c34-17-5-14(6-20(42)26(17)46)25(45)27(47)36-12-33-1-3-40(13-33,4-2-33)9-15-10-54-29-16(28(48)39(29)24(15)31(51)52)7-19(41)23(18-11-55-32(35)37-18)38-53-21(30(49)50)8-22(43)44/h5-6,11,16,21,29H,1-4,7-10,12-13H2,(H7-,35,36,37,38,41,42,43,44,45,46,47,49,50,51,52)/p+1/t16-,21+,29-,33?,40?/m1/s1. The number of hydrogen-bond donors (Lipinski definition) is 7. The molecule has 5 heterocycles. The molecule has 4 aliphatic heterocycles. The highest BCUT2D eigenvalue weighted by Crippen LogP contribution is 2.49. The highest BCUT2D eigenvalue weighted by atomic mass is 32.2. The van der Waals surface area contributed by atoms with E-state index in [0.717, 1.165) is 22.3 Å². The summed E-state index contributed by atoms with van der Waals surface area (Å²) < 4.78 is 14.3. The van der Waals surface area contributed by atoms with Gasteiger partial charge in [0, 0.05) is 53.5 Å². The molecule has 292 valence electrons. The van der Waals surface area contributed by atoms with Crippen LogP contribution in [-0.2, 0) is 33.6 Å². The molecule has 22 heteroatoms. The van der Waals surface area contributed by atoms with Gasteiger partial charge in [0.25, 0.3) is 5.91 Å². The van der Waals surface area contributed by atoms with Gasteiger partial charge < -0.3 is 45.9 Å². The smallest absolute Gasteiger partial charge is 0.352 e. The number of Topliss-reactive ketones (excluding diaryl/α,β-unsaturated/α-hetero) is 2. The van der Waals surface area contributed by atoms with Crippen LogP contribution >= 0.6 is 23.1 Å². The van der Waals surface area contributed by atoms with E-state index < -0.39 is 106 Å². The second kappa shape index (κ2) is 14.9. The molecule has 8 N–H and O–H groups in total. The maximum absolute atomic E-state index is 13.8. The van der Waals surface area contributed by atoms with E-state index in [4.69, 9.17) is 15.7 Å². The number of quaternary nitrogens is 1. The summed E-state index contributed by atoms with van der Waals surface area (Å²) in [5, 5.41) is 54.6. The highest BCUT2D eigenvalue weighted by molar-refractivity contribution is 8.00. The van der Waals surface area contributed by atoms with Gasteiger partial charge in [-0.15, -0.1) is 23.1 Å². The number of carbonyl (C=O) groups is 7. The van der Waals surface area contributed by atoms with Crippen molar-refractivity contribution in [3.05, 3.63) is 45.9 Å². The molecule has 2 aromatic rings. The van der Waals surface area contributed by atoms with E-state index in [0.29, 0.717) is 55.1 Å². The van der Waals surface area contributed by atoms with E-state index in [9.17, 15) is 58.4 Å². The Kier molecular flexibility index (Phi) is 10.6. The molecule has 2 bridgehead atoms. The first-order valence-electron chi connectivity index (χ1n) is 16.7. The number of oxime groups is 1. The number of benzene rings is 1. The largest absolute Gasteiger partial charge is 0.504 e. The third kappa shape index (κ3) is 7.69. The van der Waals surface area contributed by atoms with Crippen molar-refractivity contribution in [1.82, 2.24) is 15.2 Å². The van der Waals surface area contributed by atoms with Crippen molar-refractivity contribution in [2.24, 2.45) is 16.5 Å². The van der Waals surface area contributed by atoms with Crippen LogP contribution in [0.25, 0.3) is 0 Å². The number of halogens is 1. The van der Waals surface area contributed by atoms with Crippen molar-refractivity contribution >= 4 is 75.2 Å². The van der Waals surface area contributed by atoms with Crippen LogP contribution in [0.4, 0.5) is 9.52 Å². The van der Waals surface area contributed by atoms with Crippen molar-refractivity contribution in [2.45, 2.75) is 37.2 Å². The molecule has 1 aromatic heterocycles. The van der Waals surface area contributed by atoms with E-state index >= 15 is 0 Å². The Bertz CT molecular complexity index is 2060. The lowest BCUT2D eigenvalue weighted by atomic mass is 9.84. The minimum atomic E-state index is -1.93. The summed E-state index contributed by atoms with van der Waals surface area (Å²) in [5.41, 5.74) is 4.62. The Morgan fingerprint density at radius 3 is 2.45 bits per heavy atom. The van der Waals surface area contributed by atoms with Crippen molar-refractivity contribution in [3.8, 4) is 11.5 Å². The Morgan fingerprint density at radius 1 is 1.15 bits per heavy atom. The number of aliphatic carboxylic acids is 3. The average molecular weight is 806 g/mol. The first-order chi connectivity index (χ1) is 25.9. The number of carboxylic acid groups (broad SMARTS) is 3. The number of carbonyl (C=O) groups excluding carboxylic acids is 4. The van der Waals surface area contributed by atoms with Crippen LogP contribution in [0.3, 0.4) is 0 Å². The van der Waals surface area contributed by atoms with Crippen LogP contribution in [-0.4, -0.2) is 137 Å². The molecule has 3 atom stereocenters. The number of ketones is 2. The Labute approximate surface area is 317 Å². The van der Waals surface area contributed by atoms with Crippen LogP contribution in [0.5, 0.6) is 11.5 Å². The minimum Gasteiger partial charge on any atom is -0.504 e. The molecule has 0 radical (unpaired) electrons. The van der Waals surface area contributed by atoms with Gasteiger partial charge in [-0.3, -0.25) is 28.9 Å². The van der Waals surface area contributed by atoms with E-state index in [1.807, 2.05) is 0 Å². The number of thiazole rings is 1. The number of hydrogen-bond acceptors (Lipinski definition) is 15. The zero-order chi connectivity index (χ0) is 40.0. The summed E-state index contributed by atoms with van der Waals surface area (Å²) >= 11 is 2.22. The fourth-order valence-electron chi connectivity index (χ4n) is 7.58. The second-order valence-corrected chi connectivity index (χ2v) is 15.9. The van der Waals surface area contributed by atoms with Crippen LogP contribution in [0, 0.1) is 17.2 Å². The zero-order valence-electron chi connectivity index (χ0n) is 28.6. The fourth-order valence-corrected chi connectivity index (χ4v) is 9.53. The molecule has 3 saturated heterocycles. The normalized spacial score (nSPS) is 24.9. The highest BCUT2D eigenvalue weighted by Gasteiger charge is 2.58. The predicted molar refractivity (Wildman–Crippen MR) is 187 cm³/mol. The molecule has 3 fully saturated rings. The number of piperidine rings is 1. The molecule has 0 aliphatic carbocycles. The van der Waals surface area contributed by atoms with Crippen LogP contribution in [0.1, 0.15) is 41.7 Å². The van der Waals surface area contributed by atoms with E-state index in [1.54, 1.807) is 0 Å². The lowest BCUT2D eigenvalue weighted by Crippen LogP contribution is -2.62. The Balaban J connectivity index is 1.12. The van der Waals surface area contributed by atoms with Crippen molar-refractivity contribution in [1.29, 1.82) is 0 Å². The zero-order valence-corrected chi connectivity index (χ0v) is 30.2. The first-order valence-corrected chi connectivity index (χ1v) is 18.6. The topological polar surface area (TPSA) is 296 Å². The number of carboxylic acids is 3. The molecule has 19 nitrogen and oxygen atoms in total. The fraction of sp³-hybridized carbons (Fsp3) is 0.424. The van der Waals surface area contributed by atoms with E-state index in [-0.39, 0.29) is 28.8 Å². The monoisotopic (exact) mass is 805 g/mol. The lowest BCUT2D eigenvalue weighted by molar-refractivity contribution is -0.904. The number of nitrogen functional groups attached to an aromatic ring is 1. The van der Waals surface area contributed by atoms with Crippen molar-refractivity contribution in [3.63, 3.8) is 0 Å². The number of aromatic nitrogens is 1. The third-order valence-corrected chi connectivity index (χ3v) is 12.3. The number of phenols is 2. The van der Waals surface area contributed by atoms with Gasteiger partial charge in [0.1, 0.15) is 17.9 Å². The molecular weight excluding hydrogens is 772 g/mol. The number of amides is 2. The van der Waals surface area contributed by atoms with Gasteiger partial charge in [-0.05, 0) is 12.1 Å². The molecule has 55 heavy (non-hydrogen) atoms. The molecule has 0 unspecified atom stereocenters. The van der Waals surface area contributed by atoms with Crippen molar-refractivity contribution < 1.29 is 72.8 Å². The summed E-state index contributed by atoms with van der Waals surface area (Å²) in [7, 11) is 0. The van der Waals surface area contributed by atoms with E-state index in [1.165, 1.54) is 17.1 Å². The number of anilines is 1. The van der Waals surface area contributed by atoms with Crippen LogP contribution < -0.4 is 11.1 Å². The van der Waals surface area contributed by atoms with Gasteiger partial charge in [0.05, 0.1) is 37.3 Å². The quantitative estimate of drug-likeness (QED) is 0.0229. The maximum atomic E-state index is 13.8. The number of phenolic OH excluding ortho intramolecular Hbond substituents is 2. The second-order valence-electron chi connectivity index (χ2n) is 13.9. The number of rotatable bonds is 16. The SMILES string of the molecule is Nc1nc(/C(=N/O[C@@H](CC(=O)O)C(=O)O)C(=O)C[C@@H]2C(=O)N3C(C(=O)O)=C(C[N+]45CCC(CNC(=O)C(=O)c6cc(O)c(O)c(F)c6)(CC4)C5)CS[C@H]23)cs1. The summed E-state index contributed by atoms with van der Waals surface area (Å²) in [5.74, 6) is -11.9. The summed E-state index contributed by atoms with van der Waals surface area (Å²) in [6.45, 7) is 2.24. The first kappa shape index (κ1) is 39.1. The molecule has 1 aromatic carbocycles. The molecular formula is C33H34FN6O13S2+. The number of nitrogens with one attached hydrogen (secondary N) is 1. The van der Waals surface area contributed by atoms with Crippen LogP contribution in [0.2, 0.25) is 0 Å². The van der Waals surface area contributed by atoms with E-state index in [2.05, 4.69) is 15.5 Å². The number of β-lactam (4-membered cyclic amide) rings is 1. The molecule has 4 aliphatic rings. The van der Waals surface area contributed by atoms with Gasteiger partial charge >= 0.3 is 17.9 Å². The van der Waals surface area contributed by atoms with Crippen molar-refractivity contribution in [2.75, 3.05) is 44.2 Å². The van der Waals surface area contributed by atoms with Gasteiger partial charge in [-0.2, -0.15) is 0 Å². The lowest BCUT2D eigenvalue weighted by Gasteiger charge is -2.50. The Morgan fingerprint density at radius 2 is 1.85 bits per heavy atom. The molecule has 0 spiro atoms. The van der Waals surface area contributed by atoms with Gasteiger partial charge in [0.15, 0.2) is 33.9 Å². The predicted octanol–water partition coefficient (Wildman–Crippen LogP) is 0.363.